The van der Waals surface area contributed by atoms with E-state index in [4.69, 9.17) is 0 Å². The third-order valence-electron chi connectivity index (χ3n) is 2.21. The number of thioether (sulfide) groups is 1. The van der Waals surface area contributed by atoms with Gasteiger partial charge in [-0.05, 0) is 0 Å². The molecule has 1 aliphatic rings. The Labute approximate surface area is 84.7 Å². The van der Waals surface area contributed by atoms with E-state index >= 15 is 0 Å². The van der Waals surface area contributed by atoms with Crippen molar-refractivity contribution in [1.82, 2.24) is 25.3 Å². The van der Waals surface area contributed by atoms with Crippen LogP contribution in [0.4, 0.5) is 0 Å². The van der Waals surface area contributed by atoms with Crippen LogP contribution in [-0.2, 0) is 0 Å². The van der Waals surface area contributed by atoms with Crippen LogP contribution in [0, 0.1) is 0 Å². The molecule has 0 amide bonds. The summed E-state index contributed by atoms with van der Waals surface area (Å²) in [6.07, 6.45) is 3.22. The van der Waals surface area contributed by atoms with Crippen molar-refractivity contribution in [2.24, 2.45) is 0 Å². The van der Waals surface area contributed by atoms with E-state index in [2.05, 4.69) is 25.3 Å². The first kappa shape index (κ1) is 8.19. The van der Waals surface area contributed by atoms with Gasteiger partial charge in [0.25, 0.3) is 0 Å². The molecule has 0 saturated carbocycles. The summed E-state index contributed by atoms with van der Waals surface area (Å²) in [5, 5.41) is 4.87. The van der Waals surface area contributed by atoms with Gasteiger partial charge in [0.1, 0.15) is 16.9 Å². The molecule has 6 heteroatoms. The van der Waals surface area contributed by atoms with Crippen molar-refractivity contribution in [1.29, 1.82) is 0 Å². The smallest absolute Gasteiger partial charge is 0.181 e. The maximum atomic E-state index is 4.25. The molecule has 2 aromatic rings. The maximum absolute atomic E-state index is 4.25. The molecule has 2 aromatic heterocycles. The van der Waals surface area contributed by atoms with Crippen LogP contribution >= 0.6 is 11.8 Å². The molecule has 0 bridgehead atoms. The average Bonchev–Trinajstić information content (AvgIpc) is 2.59. The molecule has 0 atom stereocenters. The van der Waals surface area contributed by atoms with Gasteiger partial charge < -0.3 is 10.3 Å². The lowest BCUT2D eigenvalue weighted by Gasteiger charge is -2.25. The Hall–Kier alpha value is -1.14. The van der Waals surface area contributed by atoms with Crippen LogP contribution in [0.25, 0.3) is 11.2 Å². The number of rotatable bonds is 2. The Morgan fingerprint density at radius 1 is 1.29 bits per heavy atom. The zero-order valence-corrected chi connectivity index (χ0v) is 8.21. The first-order chi connectivity index (χ1) is 6.93. The third kappa shape index (κ3) is 1.27. The minimum atomic E-state index is 0.636. The van der Waals surface area contributed by atoms with Crippen LogP contribution in [0.15, 0.2) is 17.7 Å². The highest BCUT2D eigenvalue weighted by atomic mass is 32.2. The molecule has 14 heavy (non-hydrogen) atoms. The standard InChI is InChI=1S/C8H9N5S/c1-5(2-9-1)14-8-6-7(11-3-10-6)12-4-13-8/h3-5,9H,1-2H2,(H,10,11,12,13). The van der Waals surface area contributed by atoms with Crippen molar-refractivity contribution in [3.05, 3.63) is 12.7 Å². The Morgan fingerprint density at radius 2 is 2.21 bits per heavy atom. The van der Waals surface area contributed by atoms with Crippen LogP contribution < -0.4 is 5.32 Å². The first-order valence-corrected chi connectivity index (χ1v) is 5.33. The van der Waals surface area contributed by atoms with Crippen LogP contribution in [0.3, 0.4) is 0 Å². The van der Waals surface area contributed by atoms with Crippen molar-refractivity contribution in [2.75, 3.05) is 13.1 Å². The number of nitrogens with one attached hydrogen (secondary N) is 2. The summed E-state index contributed by atoms with van der Waals surface area (Å²) in [4.78, 5) is 15.5. The maximum Gasteiger partial charge on any atom is 0.181 e. The lowest BCUT2D eigenvalue weighted by molar-refractivity contribution is 0.543. The SMILES string of the molecule is c1nc(SC2CNC2)c2[nH]cnc2n1. The van der Waals surface area contributed by atoms with E-state index in [0.717, 1.165) is 29.3 Å². The van der Waals surface area contributed by atoms with Gasteiger partial charge in [-0.15, -0.1) is 0 Å². The second kappa shape index (κ2) is 3.21. The number of aromatic nitrogens is 4. The van der Waals surface area contributed by atoms with Gasteiger partial charge in [-0.25, -0.2) is 15.0 Å². The predicted octanol–water partition coefficient (Wildman–Crippen LogP) is 0.417. The highest BCUT2D eigenvalue weighted by Gasteiger charge is 2.20. The molecule has 0 aromatic carbocycles. The average molecular weight is 207 g/mol. The third-order valence-corrected chi connectivity index (χ3v) is 3.41. The van der Waals surface area contributed by atoms with Gasteiger partial charge in [-0.3, -0.25) is 0 Å². The molecular formula is C8H9N5S. The quantitative estimate of drug-likeness (QED) is 0.698. The molecule has 5 nitrogen and oxygen atoms in total. The number of nitrogens with zero attached hydrogens (tertiary/aromatic N) is 3. The van der Waals surface area contributed by atoms with Gasteiger partial charge in [0, 0.05) is 18.3 Å². The van der Waals surface area contributed by atoms with Crippen molar-refractivity contribution in [3.8, 4) is 0 Å². The summed E-state index contributed by atoms with van der Waals surface area (Å²) in [6, 6.07) is 0. The number of fused-ring (bicyclic) bond motifs is 1. The Kier molecular flexibility index (Phi) is 1.88. The molecule has 72 valence electrons. The van der Waals surface area contributed by atoms with Crippen molar-refractivity contribution in [3.63, 3.8) is 0 Å². The van der Waals surface area contributed by atoms with Crippen molar-refractivity contribution < 1.29 is 0 Å². The molecule has 0 radical (unpaired) electrons. The van der Waals surface area contributed by atoms with Gasteiger partial charge in [-0.2, -0.15) is 0 Å². The minimum absolute atomic E-state index is 0.636. The zero-order chi connectivity index (χ0) is 9.38. The van der Waals surface area contributed by atoms with E-state index in [-0.39, 0.29) is 0 Å². The molecule has 0 aliphatic carbocycles. The lowest BCUT2D eigenvalue weighted by Crippen LogP contribution is -2.44. The van der Waals surface area contributed by atoms with E-state index < -0.39 is 0 Å². The number of hydrogen-bond acceptors (Lipinski definition) is 5. The zero-order valence-electron chi connectivity index (χ0n) is 7.40. The summed E-state index contributed by atoms with van der Waals surface area (Å²) in [5.41, 5.74) is 1.69. The fourth-order valence-electron chi connectivity index (χ4n) is 1.34. The summed E-state index contributed by atoms with van der Waals surface area (Å²) in [7, 11) is 0. The van der Waals surface area contributed by atoms with E-state index in [1.807, 2.05) is 0 Å². The van der Waals surface area contributed by atoms with Crippen LogP contribution in [-0.4, -0.2) is 38.3 Å². The fraction of sp³-hybridized carbons (Fsp3) is 0.375. The summed E-state index contributed by atoms with van der Waals surface area (Å²) >= 11 is 1.78. The topological polar surface area (TPSA) is 66.5 Å². The second-order valence-electron chi connectivity index (χ2n) is 3.18. The molecule has 0 unspecified atom stereocenters. The minimum Gasteiger partial charge on any atom is -0.341 e. The lowest BCUT2D eigenvalue weighted by atomic mass is 10.3. The molecule has 1 saturated heterocycles. The normalized spacial score (nSPS) is 17.1. The number of aromatic amines is 1. The van der Waals surface area contributed by atoms with Crippen molar-refractivity contribution >= 4 is 22.9 Å². The molecule has 1 aliphatic heterocycles. The fourth-order valence-corrected chi connectivity index (χ4v) is 2.43. The molecule has 3 rings (SSSR count). The summed E-state index contributed by atoms with van der Waals surface area (Å²) < 4.78 is 0. The van der Waals surface area contributed by atoms with Gasteiger partial charge in [0.2, 0.25) is 0 Å². The Morgan fingerprint density at radius 3 is 3.00 bits per heavy atom. The Bertz CT molecular complexity index is 450. The monoisotopic (exact) mass is 207 g/mol. The highest BCUT2D eigenvalue weighted by Crippen LogP contribution is 2.27. The van der Waals surface area contributed by atoms with Gasteiger partial charge in [0.15, 0.2) is 5.65 Å². The molecular weight excluding hydrogens is 198 g/mol. The molecule has 1 fully saturated rings. The number of hydrogen-bond donors (Lipinski definition) is 2. The van der Waals surface area contributed by atoms with Gasteiger partial charge >= 0.3 is 0 Å². The van der Waals surface area contributed by atoms with E-state index in [1.165, 1.54) is 0 Å². The molecule has 0 spiro atoms. The van der Waals surface area contributed by atoms with Gasteiger partial charge in [0.05, 0.1) is 6.33 Å². The van der Waals surface area contributed by atoms with Gasteiger partial charge in [-0.1, -0.05) is 11.8 Å². The molecule has 3 heterocycles. The second-order valence-corrected chi connectivity index (χ2v) is 4.47. The Balaban J connectivity index is 1.97. The van der Waals surface area contributed by atoms with E-state index in [1.54, 1.807) is 24.4 Å². The summed E-state index contributed by atoms with van der Waals surface area (Å²) in [6.45, 7) is 2.12. The number of imidazole rings is 1. The summed E-state index contributed by atoms with van der Waals surface area (Å²) in [5.74, 6) is 0. The highest BCUT2D eigenvalue weighted by molar-refractivity contribution is 8.00. The first-order valence-electron chi connectivity index (χ1n) is 4.45. The van der Waals surface area contributed by atoms with Crippen LogP contribution in [0.2, 0.25) is 0 Å². The van der Waals surface area contributed by atoms with Crippen LogP contribution in [0.5, 0.6) is 0 Å². The largest absolute Gasteiger partial charge is 0.341 e. The number of H-pyrrole nitrogens is 1. The van der Waals surface area contributed by atoms with Crippen LogP contribution in [0.1, 0.15) is 0 Å². The van der Waals surface area contributed by atoms with Crippen molar-refractivity contribution in [2.45, 2.75) is 10.3 Å². The predicted molar refractivity (Wildman–Crippen MR) is 54.2 cm³/mol. The molecule has 2 N–H and O–H groups in total. The van der Waals surface area contributed by atoms with E-state index in [9.17, 15) is 0 Å². The van der Waals surface area contributed by atoms with E-state index in [0.29, 0.717) is 5.25 Å².